The maximum Gasteiger partial charge on any atom is 0.141 e. The number of rotatable bonds is 6. The molecule has 2 N–H and O–H groups in total. The van der Waals surface area contributed by atoms with Gasteiger partial charge in [0.25, 0.3) is 0 Å². The van der Waals surface area contributed by atoms with Gasteiger partial charge in [-0.05, 0) is 24.1 Å². The van der Waals surface area contributed by atoms with E-state index in [0.29, 0.717) is 17.1 Å². The second-order valence-electron chi connectivity index (χ2n) is 4.10. The highest BCUT2D eigenvalue weighted by Crippen LogP contribution is 2.20. The van der Waals surface area contributed by atoms with Gasteiger partial charge >= 0.3 is 0 Å². The first-order valence-electron chi connectivity index (χ1n) is 5.75. The van der Waals surface area contributed by atoms with E-state index in [0.717, 1.165) is 12.8 Å². The van der Waals surface area contributed by atoms with Crippen molar-refractivity contribution in [3.63, 3.8) is 0 Å². The van der Waals surface area contributed by atoms with E-state index in [1.807, 2.05) is 6.92 Å². The van der Waals surface area contributed by atoms with Crippen LogP contribution in [0.1, 0.15) is 25.3 Å². The number of hydrogen-bond donors (Lipinski definition) is 1. The van der Waals surface area contributed by atoms with Crippen LogP contribution < -0.4 is 5.73 Å². The van der Waals surface area contributed by atoms with Crippen LogP contribution in [-0.2, 0) is 11.2 Å². The number of ketones is 1. The molecule has 0 amide bonds. The molecule has 1 atom stereocenters. The van der Waals surface area contributed by atoms with Crippen molar-refractivity contribution in [2.45, 2.75) is 26.2 Å². The smallest absolute Gasteiger partial charge is 0.141 e. The van der Waals surface area contributed by atoms with E-state index in [4.69, 9.17) is 17.3 Å². The molecule has 0 fully saturated rings. The summed E-state index contributed by atoms with van der Waals surface area (Å²) in [7, 11) is 0. The van der Waals surface area contributed by atoms with Gasteiger partial charge in [0.15, 0.2) is 0 Å². The molecule has 1 rings (SSSR count). The molecule has 17 heavy (non-hydrogen) atoms. The van der Waals surface area contributed by atoms with Crippen LogP contribution in [0.25, 0.3) is 0 Å². The summed E-state index contributed by atoms with van der Waals surface area (Å²) in [6.07, 6.45) is 1.93. The molecule has 1 aromatic rings. The van der Waals surface area contributed by atoms with E-state index in [9.17, 15) is 9.18 Å². The first-order valence-corrected chi connectivity index (χ1v) is 6.13. The molecule has 94 valence electrons. The fraction of sp³-hybridized carbons (Fsp3) is 0.462. The van der Waals surface area contributed by atoms with Gasteiger partial charge in [0, 0.05) is 23.9 Å². The van der Waals surface area contributed by atoms with Gasteiger partial charge < -0.3 is 5.73 Å². The molecule has 0 aromatic heterocycles. The fourth-order valence-electron chi connectivity index (χ4n) is 1.76. The SMILES string of the molecule is CCCC(CN)C(=O)Cc1ccc(F)cc1Cl. The second-order valence-corrected chi connectivity index (χ2v) is 4.51. The Morgan fingerprint density at radius 1 is 1.53 bits per heavy atom. The minimum absolute atomic E-state index is 0.0721. The van der Waals surface area contributed by atoms with Crippen molar-refractivity contribution in [3.8, 4) is 0 Å². The monoisotopic (exact) mass is 257 g/mol. The highest BCUT2D eigenvalue weighted by atomic mass is 35.5. The van der Waals surface area contributed by atoms with Crippen LogP contribution in [-0.4, -0.2) is 12.3 Å². The molecule has 0 radical (unpaired) electrons. The predicted molar refractivity (Wildman–Crippen MR) is 67.6 cm³/mol. The van der Waals surface area contributed by atoms with Crippen LogP contribution in [0, 0.1) is 11.7 Å². The van der Waals surface area contributed by atoms with Crippen molar-refractivity contribution in [3.05, 3.63) is 34.6 Å². The largest absolute Gasteiger partial charge is 0.330 e. The maximum atomic E-state index is 12.8. The number of nitrogens with two attached hydrogens (primary N) is 1. The van der Waals surface area contributed by atoms with E-state index in [1.54, 1.807) is 6.07 Å². The summed E-state index contributed by atoms with van der Waals surface area (Å²) in [6.45, 7) is 2.37. The molecule has 4 heteroatoms. The normalized spacial score (nSPS) is 12.5. The number of halogens is 2. The van der Waals surface area contributed by atoms with Crippen molar-refractivity contribution in [2.24, 2.45) is 11.7 Å². The first kappa shape index (κ1) is 14.1. The maximum absolute atomic E-state index is 12.8. The molecule has 0 saturated carbocycles. The molecule has 0 bridgehead atoms. The molecule has 2 nitrogen and oxygen atoms in total. The lowest BCUT2D eigenvalue weighted by Crippen LogP contribution is -2.25. The lowest BCUT2D eigenvalue weighted by molar-refractivity contribution is -0.122. The van der Waals surface area contributed by atoms with Gasteiger partial charge in [0.1, 0.15) is 11.6 Å². The highest BCUT2D eigenvalue weighted by molar-refractivity contribution is 6.31. The number of carbonyl (C=O) groups excluding carboxylic acids is 1. The van der Waals surface area contributed by atoms with Crippen molar-refractivity contribution in [1.82, 2.24) is 0 Å². The van der Waals surface area contributed by atoms with Crippen molar-refractivity contribution < 1.29 is 9.18 Å². The van der Waals surface area contributed by atoms with Crippen LogP contribution in [0.2, 0.25) is 5.02 Å². The minimum atomic E-state index is -0.393. The molecule has 1 unspecified atom stereocenters. The Morgan fingerprint density at radius 3 is 2.76 bits per heavy atom. The van der Waals surface area contributed by atoms with Gasteiger partial charge in [-0.2, -0.15) is 0 Å². The topological polar surface area (TPSA) is 43.1 Å². The standard InChI is InChI=1S/C13H17ClFNO/c1-2-3-10(8-16)13(17)6-9-4-5-11(15)7-12(9)14/h4-5,7,10H,2-3,6,8,16H2,1H3. The highest BCUT2D eigenvalue weighted by Gasteiger charge is 2.17. The molecular formula is C13H17ClFNO. The van der Waals surface area contributed by atoms with Gasteiger partial charge in [0.05, 0.1) is 0 Å². The Bertz CT molecular complexity index is 395. The molecule has 0 aliphatic carbocycles. The summed E-state index contributed by atoms with van der Waals surface area (Å²) in [5.41, 5.74) is 6.22. The van der Waals surface area contributed by atoms with Crippen molar-refractivity contribution in [2.75, 3.05) is 6.54 Å². The Labute approximate surface area is 106 Å². The number of Topliss-reactive ketones (excluding diaryl/α,β-unsaturated/α-hetero) is 1. The summed E-state index contributed by atoms with van der Waals surface area (Å²) < 4.78 is 12.8. The van der Waals surface area contributed by atoms with Crippen LogP contribution >= 0.6 is 11.6 Å². The van der Waals surface area contributed by atoms with E-state index < -0.39 is 5.82 Å². The molecule has 0 aliphatic rings. The number of carbonyl (C=O) groups is 1. The Balaban J connectivity index is 2.73. The molecule has 0 aliphatic heterocycles. The van der Waals surface area contributed by atoms with Gasteiger partial charge in [-0.25, -0.2) is 4.39 Å². The fourth-order valence-corrected chi connectivity index (χ4v) is 1.99. The van der Waals surface area contributed by atoms with Crippen LogP contribution in [0.15, 0.2) is 18.2 Å². The van der Waals surface area contributed by atoms with Gasteiger partial charge in [-0.3, -0.25) is 4.79 Å². The van der Waals surface area contributed by atoms with Gasteiger partial charge in [0.2, 0.25) is 0 Å². The first-order chi connectivity index (χ1) is 8.08. The zero-order valence-electron chi connectivity index (χ0n) is 9.88. The average Bonchev–Trinajstić information content (AvgIpc) is 2.29. The average molecular weight is 258 g/mol. The number of hydrogen-bond acceptors (Lipinski definition) is 2. The zero-order valence-corrected chi connectivity index (χ0v) is 10.6. The lowest BCUT2D eigenvalue weighted by Gasteiger charge is -2.12. The molecule has 0 saturated heterocycles. The summed E-state index contributed by atoms with van der Waals surface area (Å²) in [4.78, 5) is 11.9. The van der Waals surface area contributed by atoms with Gasteiger partial charge in [-0.15, -0.1) is 0 Å². The molecule has 0 heterocycles. The van der Waals surface area contributed by atoms with Crippen LogP contribution in [0.3, 0.4) is 0 Å². The third-order valence-corrected chi connectivity index (χ3v) is 3.11. The Hall–Kier alpha value is -0.930. The van der Waals surface area contributed by atoms with E-state index in [2.05, 4.69) is 0 Å². The van der Waals surface area contributed by atoms with E-state index >= 15 is 0 Å². The predicted octanol–water partition coefficient (Wildman–Crippen LogP) is 2.97. The lowest BCUT2D eigenvalue weighted by atomic mass is 9.94. The van der Waals surface area contributed by atoms with Crippen molar-refractivity contribution >= 4 is 17.4 Å². The van der Waals surface area contributed by atoms with E-state index in [-0.39, 0.29) is 18.1 Å². The second kappa shape index (κ2) is 6.72. The number of benzene rings is 1. The quantitative estimate of drug-likeness (QED) is 0.851. The molecule has 0 spiro atoms. The molecule has 1 aromatic carbocycles. The summed E-state index contributed by atoms with van der Waals surface area (Å²) in [5.74, 6) is -0.445. The summed E-state index contributed by atoms with van der Waals surface area (Å²) >= 11 is 5.88. The molecular weight excluding hydrogens is 241 g/mol. The minimum Gasteiger partial charge on any atom is -0.330 e. The Kier molecular flexibility index (Phi) is 5.59. The van der Waals surface area contributed by atoms with Crippen LogP contribution in [0.5, 0.6) is 0 Å². The summed E-state index contributed by atoms with van der Waals surface area (Å²) in [5, 5.41) is 0.297. The van der Waals surface area contributed by atoms with Crippen LogP contribution in [0.4, 0.5) is 4.39 Å². The zero-order chi connectivity index (χ0) is 12.8. The third kappa shape index (κ3) is 4.10. The van der Waals surface area contributed by atoms with Gasteiger partial charge in [-0.1, -0.05) is 31.0 Å². The Morgan fingerprint density at radius 2 is 2.24 bits per heavy atom. The van der Waals surface area contributed by atoms with Crippen molar-refractivity contribution in [1.29, 1.82) is 0 Å². The summed E-state index contributed by atoms with van der Waals surface area (Å²) in [6, 6.07) is 4.09. The third-order valence-electron chi connectivity index (χ3n) is 2.76. The van der Waals surface area contributed by atoms with E-state index in [1.165, 1.54) is 12.1 Å².